The molecule has 0 atom stereocenters. The van der Waals surface area contributed by atoms with Crippen molar-refractivity contribution < 1.29 is 14.3 Å². The van der Waals surface area contributed by atoms with E-state index in [4.69, 9.17) is 4.74 Å². The van der Waals surface area contributed by atoms with E-state index in [0.29, 0.717) is 26.8 Å². The summed E-state index contributed by atoms with van der Waals surface area (Å²) in [5, 5.41) is 6.35. The Balaban J connectivity index is 1.39. The summed E-state index contributed by atoms with van der Waals surface area (Å²) in [5.74, 6) is -0.740. The van der Waals surface area contributed by atoms with Crippen molar-refractivity contribution in [1.82, 2.24) is 9.38 Å². The Labute approximate surface area is 166 Å². The lowest BCUT2D eigenvalue weighted by atomic mass is 10.2. The molecule has 1 N–H and O–H groups in total. The molecule has 0 radical (unpaired) electrons. The highest BCUT2D eigenvalue weighted by molar-refractivity contribution is 7.15. The van der Waals surface area contributed by atoms with Gasteiger partial charge in [0.2, 0.25) is 0 Å². The molecule has 0 saturated carbocycles. The number of rotatable bonds is 5. The van der Waals surface area contributed by atoms with Crippen LogP contribution >= 0.6 is 22.7 Å². The number of amides is 1. The molecule has 9 heteroatoms. The molecule has 1 amide bonds. The van der Waals surface area contributed by atoms with Gasteiger partial charge >= 0.3 is 5.97 Å². The number of anilines is 1. The van der Waals surface area contributed by atoms with Crippen LogP contribution in [0.4, 0.5) is 5.69 Å². The summed E-state index contributed by atoms with van der Waals surface area (Å²) in [4.78, 5) is 41.6. The summed E-state index contributed by atoms with van der Waals surface area (Å²) >= 11 is 2.68. The average Bonchev–Trinajstić information content (AvgIpc) is 3.39. The highest BCUT2D eigenvalue weighted by atomic mass is 32.1. The van der Waals surface area contributed by atoms with E-state index in [-0.39, 0.29) is 18.1 Å². The Morgan fingerprint density at radius 1 is 1.11 bits per heavy atom. The molecule has 0 spiro atoms. The third kappa shape index (κ3) is 3.85. The molecular formula is C19H13N3O4S2. The highest BCUT2D eigenvalue weighted by Gasteiger charge is 2.11. The van der Waals surface area contributed by atoms with E-state index in [2.05, 4.69) is 10.3 Å². The van der Waals surface area contributed by atoms with Crippen molar-refractivity contribution in [2.75, 3.05) is 5.32 Å². The van der Waals surface area contributed by atoms with E-state index < -0.39 is 5.97 Å². The zero-order chi connectivity index (χ0) is 19.5. The number of carbonyl (C=O) groups excluding carboxylic acids is 2. The zero-order valence-electron chi connectivity index (χ0n) is 14.3. The van der Waals surface area contributed by atoms with Crippen molar-refractivity contribution in [1.29, 1.82) is 0 Å². The molecular weight excluding hydrogens is 398 g/mol. The van der Waals surface area contributed by atoms with Crippen LogP contribution in [-0.2, 0) is 11.3 Å². The maximum absolute atomic E-state index is 12.2. The number of thiophene rings is 1. The predicted octanol–water partition coefficient (Wildman–Crippen LogP) is 3.43. The molecule has 0 fully saturated rings. The Bertz CT molecular complexity index is 1190. The molecule has 140 valence electrons. The molecule has 0 aliphatic rings. The Morgan fingerprint density at radius 2 is 1.93 bits per heavy atom. The molecule has 7 nitrogen and oxygen atoms in total. The molecule has 0 bridgehead atoms. The normalized spacial score (nSPS) is 10.7. The third-order valence-corrected chi connectivity index (χ3v) is 5.46. The average molecular weight is 411 g/mol. The first kappa shape index (κ1) is 18.1. The third-order valence-electron chi connectivity index (χ3n) is 3.83. The first-order chi connectivity index (χ1) is 13.6. The number of aromatic nitrogens is 2. The van der Waals surface area contributed by atoms with Crippen LogP contribution in [0.15, 0.2) is 64.2 Å². The van der Waals surface area contributed by atoms with Gasteiger partial charge in [-0.05, 0) is 35.7 Å². The summed E-state index contributed by atoms with van der Waals surface area (Å²) in [6.45, 7) is -0.0979. The quantitative estimate of drug-likeness (QED) is 0.508. The second-order valence-corrected chi connectivity index (χ2v) is 7.55. The van der Waals surface area contributed by atoms with Crippen LogP contribution in [0, 0.1) is 0 Å². The van der Waals surface area contributed by atoms with Gasteiger partial charge in [0, 0.05) is 23.3 Å². The van der Waals surface area contributed by atoms with Crippen LogP contribution in [0.3, 0.4) is 0 Å². The van der Waals surface area contributed by atoms with Crippen molar-refractivity contribution in [3.8, 4) is 0 Å². The van der Waals surface area contributed by atoms with E-state index in [1.807, 2.05) is 5.38 Å². The molecule has 1 aromatic carbocycles. The Kier molecular flexibility index (Phi) is 5.00. The second kappa shape index (κ2) is 7.75. The van der Waals surface area contributed by atoms with Crippen LogP contribution in [-0.4, -0.2) is 21.3 Å². The first-order valence-corrected chi connectivity index (χ1v) is 9.94. The number of thiazole rings is 1. The van der Waals surface area contributed by atoms with Crippen LogP contribution in [0.1, 0.15) is 25.7 Å². The van der Waals surface area contributed by atoms with Crippen LogP contribution in [0.25, 0.3) is 4.96 Å². The largest absolute Gasteiger partial charge is 0.456 e. The number of hydrogen-bond donors (Lipinski definition) is 1. The van der Waals surface area contributed by atoms with Crippen molar-refractivity contribution in [3.63, 3.8) is 0 Å². The predicted molar refractivity (Wildman–Crippen MR) is 107 cm³/mol. The number of hydrogen-bond acceptors (Lipinski definition) is 7. The number of nitrogens with one attached hydrogen (secondary N) is 1. The first-order valence-electron chi connectivity index (χ1n) is 8.18. The van der Waals surface area contributed by atoms with Crippen LogP contribution in [0.5, 0.6) is 0 Å². The van der Waals surface area contributed by atoms with Crippen molar-refractivity contribution >= 4 is 45.2 Å². The van der Waals surface area contributed by atoms with Gasteiger partial charge in [-0.3, -0.25) is 14.0 Å². The molecule has 0 unspecified atom stereocenters. The molecule has 0 aliphatic heterocycles. The molecule has 0 aliphatic carbocycles. The van der Waals surface area contributed by atoms with Crippen LogP contribution < -0.4 is 10.9 Å². The fraction of sp³-hybridized carbons (Fsp3) is 0.0526. The van der Waals surface area contributed by atoms with Gasteiger partial charge in [0.1, 0.15) is 6.61 Å². The summed E-state index contributed by atoms with van der Waals surface area (Å²) < 4.78 is 6.67. The lowest BCUT2D eigenvalue weighted by Gasteiger charge is -2.07. The number of fused-ring (bicyclic) bond motifs is 1. The number of nitrogens with zero attached hydrogens (tertiary/aromatic N) is 2. The lowest BCUT2D eigenvalue weighted by molar-refractivity contribution is 0.0467. The van der Waals surface area contributed by atoms with Gasteiger partial charge in [0.05, 0.1) is 16.1 Å². The molecule has 4 aromatic rings. The lowest BCUT2D eigenvalue weighted by Crippen LogP contribution is -2.14. The van der Waals surface area contributed by atoms with Gasteiger partial charge in [-0.2, -0.15) is 0 Å². The molecule has 28 heavy (non-hydrogen) atoms. The van der Waals surface area contributed by atoms with E-state index in [9.17, 15) is 14.4 Å². The SMILES string of the molecule is O=C(OCc1cc(=O)n2ccsc2n1)c1ccc(NC(=O)c2cccs2)cc1. The fourth-order valence-corrected chi connectivity index (χ4v) is 3.83. The fourth-order valence-electron chi connectivity index (χ4n) is 2.47. The molecule has 3 heterocycles. The molecule has 4 rings (SSSR count). The maximum Gasteiger partial charge on any atom is 0.338 e. The summed E-state index contributed by atoms with van der Waals surface area (Å²) in [5.41, 5.74) is 1.08. The Morgan fingerprint density at radius 3 is 2.68 bits per heavy atom. The topological polar surface area (TPSA) is 89.8 Å². The van der Waals surface area contributed by atoms with Gasteiger partial charge in [-0.15, -0.1) is 22.7 Å². The minimum atomic E-state index is -0.538. The number of carbonyl (C=O) groups is 2. The van der Waals surface area contributed by atoms with Crippen molar-refractivity contribution in [2.24, 2.45) is 0 Å². The van der Waals surface area contributed by atoms with E-state index >= 15 is 0 Å². The van der Waals surface area contributed by atoms with Gasteiger partial charge in [0.25, 0.3) is 11.5 Å². The Hall–Kier alpha value is -3.30. The monoisotopic (exact) mass is 411 g/mol. The van der Waals surface area contributed by atoms with Gasteiger partial charge in [0.15, 0.2) is 4.96 Å². The second-order valence-electron chi connectivity index (χ2n) is 5.73. The van der Waals surface area contributed by atoms with E-state index in [0.717, 1.165) is 0 Å². The smallest absolute Gasteiger partial charge is 0.338 e. The number of ether oxygens (including phenoxy) is 1. The minimum absolute atomic E-state index is 0.0979. The summed E-state index contributed by atoms with van der Waals surface area (Å²) in [6, 6.07) is 11.3. The molecule has 3 aromatic heterocycles. The van der Waals surface area contributed by atoms with Gasteiger partial charge in [-0.25, -0.2) is 9.78 Å². The maximum atomic E-state index is 12.2. The minimum Gasteiger partial charge on any atom is -0.456 e. The number of esters is 1. The number of benzene rings is 1. The van der Waals surface area contributed by atoms with Gasteiger partial charge in [-0.1, -0.05) is 6.07 Å². The van der Waals surface area contributed by atoms with Crippen molar-refractivity contribution in [3.05, 3.63) is 85.9 Å². The molecule has 0 saturated heterocycles. The highest BCUT2D eigenvalue weighted by Crippen LogP contribution is 2.15. The summed E-state index contributed by atoms with van der Waals surface area (Å²) in [6.07, 6.45) is 1.64. The van der Waals surface area contributed by atoms with Crippen molar-refractivity contribution in [2.45, 2.75) is 6.61 Å². The standard InChI is InChI=1S/C19H13N3O4S2/c23-16-10-14(21-19-22(16)7-9-28-19)11-26-18(25)12-3-5-13(6-4-12)20-17(24)15-2-1-8-27-15/h1-10H,11H2,(H,20,24). The van der Waals surface area contributed by atoms with Gasteiger partial charge < -0.3 is 10.1 Å². The van der Waals surface area contributed by atoms with E-state index in [1.165, 1.54) is 33.1 Å². The zero-order valence-corrected chi connectivity index (χ0v) is 16.0. The van der Waals surface area contributed by atoms with E-state index in [1.54, 1.807) is 48.0 Å². The summed E-state index contributed by atoms with van der Waals surface area (Å²) in [7, 11) is 0. The van der Waals surface area contributed by atoms with Crippen LogP contribution in [0.2, 0.25) is 0 Å².